The molecule has 1 rings (SSSR count). The summed E-state index contributed by atoms with van der Waals surface area (Å²) in [6.45, 7) is 20.8. The molecule has 0 radical (unpaired) electrons. The van der Waals surface area contributed by atoms with Crippen LogP contribution in [-0.2, 0) is 31.0 Å². The minimum atomic E-state index is -4.67. The Hall–Kier alpha value is 0.754. The van der Waals surface area contributed by atoms with Gasteiger partial charge in [0.25, 0.3) is 0 Å². The van der Waals surface area contributed by atoms with Crippen molar-refractivity contribution in [1.82, 2.24) is 0 Å². The largest absolute Gasteiger partial charge is 0.416 e. The van der Waals surface area contributed by atoms with Crippen LogP contribution in [0.1, 0.15) is 0 Å². The first-order chi connectivity index (χ1) is 10.5. The van der Waals surface area contributed by atoms with Crippen molar-refractivity contribution in [2.75, 3.05) is 0 Å². The summed E-state index contributed by atoms with van der Waals surface area (Å²) in [5.41, 5.74) is 0. The van der Waals surface area contributed by atoms with Crippen molar-refractivity contribution in [3.63, 3.8) is 0 Å². The summed E-state index contributed by atoms with van der Waals surface area (Å²) < 4.78 is 63.1. The van der Waals surface area contributed by atoms with Crippen molar-refractivity contribution >= 4 is 53.2 Å². The minimum absolute atomic E-state index is 2.08. The Labute approximate surface area is 156 Å². The van der Waals surface area contributed by atoms with E-state index in [9.17, 15) is 0 Å². The van der Waals surface area contributed by atoms with Gasteiger partial charge in [0.2, 0.25) is 0 Å². The van der Waals surface area contributed by atoms with Crippen molar-refractivity contribution in [3.05, 3.63) is 0 Å². The standard InChI is InChI=1S/C10H30O5Si5.H2O4S/c1-16(2)11-17(3,4)13-19(7,8)15-20(9,10)14-18(5,6)12-16;1-5(2,3)4/h1-10H3;(H2,1,2,3,4). The molecule has 2 N–H and O–H groups in total. The molecule has 0 aliphatic carbocycles. The predicted octanol–water partition coefficient (Wildman–Crippen LogP) is 2.94. The zero-order chi connectivity index (χ0) is 20.5. The Morgan fingerprint density at radius 3 is 0.640 bits per heavy atom. The SMILES string of the molecule is C[Si]1(C)O[Si](C)(C)O[Si](C)(C)O[Si](C)(C)O[Si](C)(C)O1.O=S(=O)(O)O. The highest BCUT2D eigenvalue weighted by atomic mass is 32.3. The van der Waals surface area contributed by atoms with E-state index in [4.69, 9.17) is 38.1 Å². The zero-order valence-corrected chi connectivity index (χ0v) is 22.5. The summed E-state index contributed by atoms with van der Waals surface area (Å²) in [5.74, 6) is 0. The highest BCUT2D eigenvalue weighted by Gasteiger charge is 2.50. The lowest BCUT2D eigenvalue weighted by Gasteiger charge is -2.46. The molecule has 1 saturated heterocycles. The van der Waals surface area contributed by atoms with Gasteiger partial charge in [-0.15, -0.1) is 0 Å². The second-order valence-electron chi connectivity index (χ2n) is 7.96. The summed E-state index contributed by atoms with van der Waals surface area (Å²) in [6.07, 6.45) is 0. The van der Waals surface area contributed by atoms with E-state index in [2.05, 4.69) is 65.5 Å². The van der Waals surface area contributed by atoms with E-state index in [1.807, 2.05) is 0 Å². The van der Waals surface area contributed by atoms with Crippen molar-refractivity contribution in [2.24, 2.45) is 0 Å². The second kappa shape index (κ2) is 8.01. The van der Waals surface area contributed by atoms with Crippen LogP contribution in [0.4, 0.5) is 0 Å². The zero-order valence-electron chi connectivity index (χ0n) is 16.7. The molecule has 0 saturated carbocycles. The van der Waals surface area contributed by atoms with Crippen LogP contribution in [0.2, 0.25) is 65.5 Å². The van der Waals surface area contributed by atoms with Crippen molar-refractivity contribution in [2.45, 2.75) is 65.5 Å². The van der Waals surface area contributed by atoms with Crippen molar-refractivity contribution in [1.29, 1.82) is 0 Å². The second-order valence-corrected chi connectivity index (χ2v) is 26.9. The summed E-state index contributed by atoms with van der Waals surface area (Å²) in [5, 5.41) is 0. The third-order valence-electron chi connectivity index (χ3n) is 2.46. The van der Waals surface area contributed by atoms with E-state index in [1.54, 1.807) is 0 Å². The molecule has 0 aromatic rings. The van der Waals surface area contributed by atoms with Crippen LogP contribution in [0.15, 0.2) is 0 Å². The van der Waals surface area contributed by atoms with Gasteiger partial charge in [0.05, 0.1) is 0 Å². The molecule has 0 spiro atoms. The van der Waals surface area contributed by atoms with Crippen LogP contribution in [0.3, 0.4) is 0 Å². The average molecular weight is 469 g/mol. The Bertz CT molecular complexity index is 452. The van der Waals surface area contributed by atoms with Gasteiger partial charge in [-0.3, -0.25) is 9.11 Å². The molecule has 9 nitrogen and oxygen atoms in total. The van der Waals surface area contributed by atoms with Gasteiger partial charge in [0, 0.05) is 0 Å². The molecule has 0 unspecified atom stereocenters. The van der Waals surface area contributed by atoms with Gasteiger partial charge in [0.15, 0.2) is 0 Å². The molecule has 0 aromatic carbocycles. The van der Waals surface area contributed by atoms with E-state index in [1.165, 1.54) is 0 Å². The number of rotatable bonds is 0. The molecule has 0 atom stereocenters. The van der Waals surface area contributed by atoms with Gasteiger partial charge in [0.1, 0.15) is 0 Å². The first-order valence-corrected chi connectivity index (χ1v) is 23.2. The highest BCUT2D eigenvalue weighted by Crippen LogP contribution is 2.30. The summed E-state index contributed by atoms with van der Waals surface area (Å²) in [7, 11) is -16.0. The molecule has 1 aliphatic rings. The molecule has 15 heteroatoms. The molecule has 1 fully saturated rings. The molecular formula is C10H32O9SSi5. The fraction of sp³-hybridized carbons (Fsp3) is 1.00. The normalized spacial score (nSPS) is 27.5. The topological polar surface area (TPSA) is 121 Å². The van der Waals surface area contributed by atoms with E-state index in [-0.39, 0.29) is 0 Å². The van der Waals surface area contributed by atoms with Crippen molar-refractivity contribution < 1.29 is 38.1 Å². The fourth-order valence-electron chi connectivity index (χ4n) is 3.06. The van der Waals surface area contributed by atoms with Gasteiger partial charge >= 0.3 is 53.2 Å². The van der Waals surface area contributed by atoms with Crippen LogP contribution in [0, 0.1) is 0 Å². The molecule has 152 valence electrons. The third-order valence-corrected chi connectivity index (χ3v) is 22.1. The quantitative estimate of drug-likeness (QED) is 0.408. The molecular weight excluding hydrogens is 437 g/mol. The maximum atomic E-state index is 8.74. The van der Waals surface area contributed by atoms with Gasteiger partial charge < -0.3 is 20.6 Å². The lowest BCUT2D eigenvalue weighted by Crippen LogP contribution is -2.64. The molecule has 0 aromatic heterocycles. The number of hydrogen-bond donors (Lipinski definition) is 2. The first kappa shape index (κ1) is 25.8. The monoisotopic (exact) mass is 468 g/mol. The van der Waals surface area contributed by atoms with E-state index in [0.29, 0.717) is 0 Å². The lowest BCUT2D eigenvalue weighted by atomic mass is 11.9. The smallest absolute Gasteiger partial charge is 0.394 e. The molecule has 1 aliphatic heterocycles. The third kappa shape index (κ3) is 13.6. The fourth-order valence-corrected chi connectivity index (χ4v) is 29.4. The van der Waals surface area contributed by atoms with Gasteiger partial charge in [-0.25, -0.2) is 0 Å². The Morgan fingerprint density at radius 2 is 0.560 bits per heavy atom. The Kier molecular flexibility index (Phi) is 8.25. The molecule has 0 amide bonds. The molecule has 25 heavy (non-hydrogen) atoms. The highest BCUT2D eigenvalue weighted by molar-refractivity contribution is 7.79. The Morgan fingerprint density at radius 1 is 0.480 bits per heavy atom. The van der Waals surface area contributed by atoms with Crippen LogP contribution in [0.5, 0.6) is 0 Å². The van der Waals surface area contributed by atoms with Crippen molar-refractivity contribution in [3.8, 4) is 0 Å². The summed E-state index contributed by atoms with van der Waals surface area (Å²) in [4.78, 5) is 0. The summed E-state index contributed by atoms with van der Waals surface area (Å²) in [6, 6.07) is 0. The Balaban J connectivity index is 0.00000101. The average Bonchev–Trinajstić information content (AvgIpc) is 1.97. The van der Waals surface area contributed by atoms with Crippen LogP contribution < -0.4 is 0 Å². The molecule has 1 heterocycles. The van der Waals surface area contributed by atoms with E-state index >= 15 is 0 Å². The van der Waals surface area contributed by atoms with Gasteiger partial charge in [-0.05, 0) is 65.5 Å². The number of hydrogen-bond acceptors (Lipinski definition) is 7. The first-order valence-electron chi connectivity index (χ1n) is 7.74. The van der Waals surface area contributed by atoms with Gasteiger partial charge in [-0.1, -0.05) is 0 Å². The van der Waals surface area contributed by atoms with Gasteiger partial charge in [-0.2, -0.15) is 8.42 Å². The predicted molar refractivity (Wildman–Crippen MR) is 107 cm³/mol. The minimum Gasteiger partial charge on any atom is -0.416 e. The maximum absolute atomic E-state index is 8.74. The summed E-state index contributed by atoms with van der Waals surface area (Å²) >= 11 is 0. The van der Waals surface area contributed by atoms with Crippen LogP contribution in [0.25, 0.3) is 0 Å². The molecule has 0 bridgehead atoms. The maximum Gasteiger partial charge on any atom is 0.394 e. The van der Waals surface area contributed by atoms with Crippen LogP contribution in [-0.4, -0.2) is 60.3 Å². The van der Waals surface area contributed by atoms with E-state index < -0.39 is 53.2 Å². The van der Waals surface area contributed by atoms with E-state index in [0.717, 1.165) is 0 Å². The lowest BCUT2D eigenvalue weighted by molar-refractivity contribution is 0.239. The van der Waals surface area contributed by atoms with Crippen LogP contribution >= 0.6 is 0 Å².